The van der Waals surface area contributed by atoms with Crippen molar-refractivity contribution in [3.8, 4) is 5.88 Å². The standard InChI is InChI=1S/C16H25ClN2O/c1-5-6-13-18-14(17)11(2)15(19-13)20-12-7-9-16(3,4)10-8-12/h12H,5-10H2,1-4H3. The minimum Gasteiger partial charge on any atom is -0.474 e. The van der Waals surface area contributed by atoms with Crippen LogP contribution in [-0.4, -0.2) is 16.1 Å². The Morgan fingerprint density at radius 3 is 2.50 bits per heavy atom. The van der Waals surface area contributed by atoms with Gasteiger partial charge in [-0.15, -0.1) is 0 Å². The fourth-order valence-corrected chi connectivity index (χ4v) is 2.79. The smallest absolute Gasteiger partial charge is 0.221 e. The van der Waals surface area contributed by atoms with E-state index >= 15 is 0 Å². The lowest BCUT2D eigenvalue weighted by Gasteiger charge is -2.34. The van der Waals surface area contributed by atoms with Gasteiger partial charge < -0.3 is 4.74 Å². The van der Waals surface area contributed by atoms with Crippen LogP contribution >= 0.6 is 11.6 Å². The van der Waals surface area contributed by atoms with E-state index < -0.39 is 0 Å². The number of hydrogen-bond acceptors (Lipinski definition) is 3. The van der Waals surface area contributed by atoms with E-state index in [4.69, 9.17) is 16.3 Å². The lowest BCUT2D eigenvalue weighted by atomic mass is 9.76. The van der Waals surface area contributed by atoms with Crippen molar-refractivity contribution in [3.05, 3.63) is 16.5 Å². The van der Waals surface area contributed by atoms with Gasteiger partial charge >= 0.3 is 0 Å². The van der Waals surface area contributed by atoms with Gasteiger partial charge in [0.15, 0.2) is 0 Å². The van der Waals surface area contributed by atoms with Gasteiger partial charge in [0.05, 0.1) is 0 Å². The van der Waals surface area contributed by atoms with Crippen LogP contribution in [0.15, 0.2) is 0 Å². The van der Waals surface area contributed by atoms with E-state index in [1.807, 2.05) is 6.92 Å². The molecule has 0 bridgehead atoms. The van der Waals surface area contributed by atoms with Gasteiger partial charge in [0.25, 0.3) is 0 Å². The summed E-state index contributed by atoms with van der Waals surface area (Å²) < 4.78 is 6.11. The molecule has 0 aliphatic heterocycles. The highest BCUT2D eigenvalue weighted by Gasteiger charge is 2.28. The SMILES string of the molecule is CCCc1nc(Cl)c(C)c(OC2CCC(C)(C)CC2)n1. The Hall–Kier alpha value is -0.830. The molecule has 0 amide bonds. The summed E-state index contributed by atoms with van der Waals surface area (Å²) in [6, 6.07) is 0. The van der Waals surface area contributed by atoms with Crippen molar-refractivity contribution in [2.24, 2.45) is 5.41 Å². The van der Waals surface area contributed by atoms with E-state index in [9.17, 15) is 0 Å². The van der Waals surface area contributed by atoms with Crippen molar-refractivity contribution in [2.75, 3.05) is 0 Å². The molecule has 1 aromatic heterocycles. The predicted octanol–water partition coefficient (Wildman–Crippen LogP) is 4.74. The zero-order valence-corrected chi connectivity index (χ0v) is 13.8. The third-order valence-corrected chi connectivity index (χ3v) is 4.49. The second-order valence-electron chi connectivity index (χ2n) is 6.59. The summed E-state index contributed by atoms with van der Waals surface area (Å²) >= 11 is 6.19. The molecule has 2 rings (SSSR count). The average Bonchev–Trinajstić information content (AvgIpc) is 2.38. The lowest BCUT2D eigenvalue weighted by molar-refractivity contribution is 0.0939. The summed E-state index contributed by atoms with van der Waals surface area (Å²) in [7, 11) is 0. The fraction of sp³-hybridized carbons (Fsp3) is 0.750. The van der Waals surface area contributed by atoms with Gasteiger partial charge in [-0.05, 0) is 44.4 Å². The Kier molecular flexibility index (Phi) is 4.90. The molecular formula is C16H25ClN2O. The number of hydrogen-bond donors (Lipinski definition) is 0. The van der Waals surface area contributed by atoms with E-state index in [1.165, 1.54) is 12.8 Å². The molecule has 1 aliphatic rings. The Morgan fingerprint density at radius 2 is 1.90 bits per heavy atom. The molecule has 1 aliphatic carbocycles. The molecule has 0 unspecified atom stereocenters. The van der Waals surface area contributed by atoms with Gasteiger partial charge in [0, 0.05) is 12.0 Å². The van der Waals surface area contributed by atoms with Crippen LogP contribution in [0.1, 0.15) is 64.3 Å². The van der Waals surface area contributed by atoms with Gasteiger partial charge in [-0.2, -0.15) is 4.98 Å². The summed E-state index contributed by atoms with van der Waals surface area (Å²) in [5.41, 5.74) is 1.31. The van der Waals surface area contributed by atoms with Gasteiger partial charge in [-0.3, -0.25) is 0 Å². The van der Waals surface area contributed by atoms with Crippen LogP contribution in [0, 0.1) is 12.3 Å². The first-order chi connectivity index (χ1) is 9.41. The summed E-state index contributed by atoms with van der Waals surface area (Å²) in [6.45, 7) is 8.70. The first-order valence-electron chi connectivity index (χ1n) is 7.61. The van der Waals surface area contributed by atoms with Crippen LogP contribution in [0.4, 0.5) is 0 Å². The van der Waals surface area contributed by atoms with E-state index in [2.05, 4.69) is 30.7 Å². The molecule has 0 saturated heterocycles. The number of aromatic nitrogens is 2. The number of nitrogens with zero attached hydrogens (tertiary/aromatic N) is 2. The van der Waals surface area contributed by atoms with Crippen LogP contribution in [-0.2, 0) is 6.42 Å². The zero-order chi connectivity index (χ0) is 14.8. The molecule has 0 aromatic carbocycles. The maximum absolute atomic E-state index is 6.19. The third-order valence-electron chi connectivity index (χ3n) is 4.13. The van der Waals surface area contributed by atoms with Crippen molar-refractivity contribution < 1.29 is 4.74 Å². The van der Waals surface area contributed by atoms with E-state index in [1.54, 1.807) is 0 Å². The number of rotatable bonds is 4. The molecule has 1 aromatic rings. The molecule has 0 spiro atoms. The highest BCUT2D eigenvalue weighted by atomic mass is 35.5. The maximum Gasteiger partial charge on any atom is 0.221 e. The number of ether oxygens (including phenoxy) is 1. The van der Waals surface area contributed by atoms with Gasteiger partial charge in [-0.25, -0.2) is 4.98 Å². The monoisotopic (exact) mass is 296 g/mol. The maximum atomic E-state index is 6.19. The largest absolute Gasteiger partial charge is 0.474 e. The minimum absolute atomic E-state index is 0.266. The summed E-state index contributed by atoms with van der Waals surface area (Å²) in [6.07, 6.45) is 6.72. The molecule has 1 fully saturated rings. The lowest BCUT2D eigenvalue weighted by Crippen LogP contribution is -2.29. The topological polar surface area (TPSA) is 35.0 Å². The second-order valence-corrected chi connectivity index (χ2v) is 6.95. The van der Waals surface area contributed by atoms with Crippen LogP contribution in [0.25, 0.3) is 0 Å². The Bertz CT molecular complexity index is 464. The molecule has 20 heavy (non-hydrogen) atoms. The molecule has 112 valence electrons. The van der Waals surface area contributed by atoms with Crippen molar-refractivity contribution in [2.45, 2.75) is 72.3 Å². The molecule has 3 nitrogen and oxygen atoms in total. The Morgan fingerprint density at radius 1 is 1.25 bits per heavy atom. The Balaban J connectivity index is 2.09. The third kappa shape index (κ3) is 3.85. The minimum atomic E-state index is 0.266. The molecule has 0 atom stereocenters. The van der Waals surface area contributed by atoms with Gasteiger partial charge in [0.1, 0.15) is 17.1 Å². The van der Waals surface area contributed by atoms with Gasteiger partial charge in [-0.1, -0.05) is 32.4 Å². The molecule has 0 N–H and O–H groups in total. The summed E-state index contributed by atoms with van der Waals surface area (Å²) in [5, 5.41) is 0.523. The van der Waals surface area contributed by atoms with Crippen molar-refractivity contribution in [1.82, 2.24) is 9.97 Å². The van der Waals surface area contributed by atoms with E-state index in [-0.39, 0.29) is 6.10 Å². The van der Waals surface area contributed by atoms with Gasteiger partial charge in [0.2, 0.25) is 5.88 Å². The van der Waals surface area contributed by atoms with Crippen LogP contribution in [0.2, 0.25) is 5.15 Å². The second kappa shape index (κ2) is 6.30. The number of aryl methyl sites for hydroxylation is 1. The molecule has 1 heterocycles. The zero-order valence-electron chi connectivity index (χ0n) is 13.0. The normalized spacial score (nSPS) is 19.1. The molecular weight excluding hydrogens is 272 g/mol. The molecule has 1 saturated carbocycles. The first-order valence-corrected chi connectivity index (χ1v) is 7.99. The first kappa shape index (κ1) is 15.6. The van der Waals surface area contributed by atoms with E-state index in [0.717, 1.165) is 37.1 Å². The van der Waals surface area contributed by atoms with Crippen molar-refractivity contribution in [1.29, 1.82) is 0 Å². The van der Waals surface area contributed by atoms with Crippen molar-refractivity contribution >= 4 is 11.6 Å². The number of halogens is 1. The highest BCUT2D eigenvalue weighted by Crippen LogP contribution is 2.37. The Labute approximate surface area is 127 Å². The van der Waals surface area contributed by atoms with Crippen LogP contribution in [0.3, 0.4) is 0 Å². The fourth-order valence-electron chi connectivity index (χ4n) is 2.61. The van der Waals surface area contributed by atoms with Crippen LogP contribution in [0.5, 0.6) is 5.88 Å². The van der Waals surface area contributed by atoms with Crippen molar-refractivity contribution in [3.63, 3.8) is 0 Å². The molecule has 4 heteroatoms. The van der Waals surface area contributed by atoms with Crippen LogP contribution < -0.4 is 4.74 Å². The quantitative estimate of drug-likeness (QED) is 0.753. The average molecular weight is 297 g/mol. The summed E-state index contributed by atoms with van der Waals surface area (Å²) in [5.74, 6) is 1.47. The highest BCUT2D eigenvalue weighted by molar-refractivity contribution is 6.30. The molecule has 0 radical (unpaired) electrons. The van der Waals surface area contributed by atoms with E-state index in [0.29, 0.717) is 16.4 Å². The predicted molar refractivity (Wildman–Crippen MR) is 82.4 cm³/mol. The summed E-state index contributed by atoms with van der Waals surface area (Å²) in [4.78, 5) is 8.85.